The second-order valence-electron chi connectivity index (χ2n) is 9.74. The number of methoxy groups -OCH3 is 1. The van der Waals surface area contributed by atoms with Gasteiger partial charge in [0.1, 0.15) is 5.75 Å². The molecule has 0 saturated carbocycles. The van der Waals surface area contributed by atoms with Crippen LogP contribution in [0.2, 0.25) is 0 Å². The average Bonchev–Trinajstić information content (AvgIpc) is 3.28. The summed E-state index contributed by atoms with van der Waals surface area (Å²) < 4.78 is 7.20. The maximum Gasteiger partial charge on any atom is 0.210 e. The van der Waals surface area contributed by atoms with E-state index in [4.69, 9.17) is 10.6 Å². The highest BCUT2D eigenvalue weighted by Crippen LogP contribution is 2.43. The third-order valence-electron chi connectivity index (χ3n) is 7.71. The molecule has 2 aliphatic heterocycles. The minimum absolute atomic E-state index is 0.521. The Labute approximate surface area is 212 Å². The van der Waals surface area contributed by atoms with E-state index < -0.39 is 0 Å². The molecule has 1 spiro atoms. The summed E-state index contributed by atoms with van der Waals surface area (Å²) in [7, 11) is 1.77. The molecule has 8 heteroatoms. The van der Waals surface area contributed by atoms with E-state index in [1.54, 1.807) is 23.5 Å². The molecule has 3 aromatic rings. The number of hydrogen-bond acceptors (Lipinski definition) is 7. The van der Waals surface area contributed by atoms with Crippen LogP contribution in [0.4, 0.5) is 5.69 Å². The molecule has 0 unspecified atom stereocenters. The number of aromatic nitrogens is 3. The third-order valence-corrected chi connectivity index (χ3v) is 8.74. The molecule has 2 aromatic carbocycles. The van der Waals surface area contributed by atoms with Crippen molar-refractivity contribution in [2.45, 2.75) is 37.3 Å². The highest BCUT2D eigenvalue weighted by atomic mass is 32.2. The molecular formula is C27H36N6OS. The van der Waals surface area contributed by atoms with Gasteiger partial charge in [0, 0.05) is 24.4 Å². The van der Waals surface area contributed by atoms with Crippen molar-refractivity contribution >= 4 is 17.4 Å². The quantitative estimate of drug-likeness (QED) is 0.281. The molecule has 2 N–H and O–H groups in total. The van der Waals surface area contributed by atoms with E-state index >= 15 is 0 Å². The smallest absolute Gasteiger partial charge is 0.210 e. The number of rotatable bonds is 8. The number of nitrogen functional groups attached to an aromatic ring is 1. The minimum Gasteiger partial charge on any atom is -0.495 e. The SMILES string of the molecule is COc1ccccc1N1CCC2(CCN(CCCSc3nnc(-c4ccccc4)n3N)CC2)CC1. The predicted molar refractivity (Wildman–Crippen MR) is 143 cm³/mol. The van der Waals surface area contributed by atoms with Crippen LogP contribution in [0.1, 0.15) is 32.1 Å². The van der Waals surface area contributed by atoms with Crippen molar-refractivity contribution in [2.24, 2.45) is 5.41 Å². The number of ether oxygens (including phenoxy) is 1. The standard InChI is InChI=1S/C27H36N6OS/c1-34-24-11-6-5-10-23(24)32-19-14-27(15-20-32)12-17-31(18-13-27)16-7-21-35-26-30-29-25(33(26)28)22-8-3-2-4-9-22/h2-6,8-11H,7,12-21,28H2,1H3. The molecule has 2 saturated heterocycles. The number of thioether (sulfide) groups is 1. The van der Waals surface area contributed by atoms with Crippen LogP contribution in [-0.2, 0) is 0 Å². The van der Waals surface area contributed by atoms with Crippen LogP contribution in [0.25, 0.3) is 11.4 Å². The maximum atomic E-state index is 6.25. The Hall–Kier alpha value is -2.71. The number of benzene rings is 2. The Balaban J connectivity index is 1.04. The monoisotopic (exact) mass is 492 g/mol. The molecule has 5 rings (SSSR count). The van der Waals surface area contributed by atoms with E-state index in [1.807, 2.05) is 36.4 Å². The molecule has 2 aliphatic rings. The summed E-state index contributed by atoms with van der Waals surface area (Å²) in [5.74, 6) is 8.95. The molecule has 0 atom stereocenters. The zero-order chi connectivity index (χ0) is 24.1. The Bertz CT molecular complexity index is 1090. The fraction of sp³-hybridized carbons (Fsp3) is 0.481. The van der Waals surface area contributed by atoms with Crippen LogP contribution in [0, 0.1) is 5.41 Å². The number of nitrogens with two attached hydrogens (primary N) is 1. The summed E-state index contributed by atoms with van der Waals surface area (Å²) in [5.41, 5.74) is 2.75. The molecule has 186 valence electrons. The summed E-state index contributed by atoms with van der Waals surface area (Å²) in [4.78, 5) is 5.15. The molecule has 7 nitrogen and oxygen atoms in total. The number of piperidine rings is 2. The lowest BCUT2D eigenvalue weighted by molar-refractivity contribution is 0.0801. The van der Waals surface area contributed by atoms with Crippen molar-refractivity contribution in [3.63, 3.8) is 0 Å². The average molecular weight is 493 g/mol. The molecular weight excluding hydrogens is 456 g/mol. The maximum absolute atomic E-state index is 6.25. The number of anilines is 1. The van der Waals surface area contributed by atoms with Crippen molar-refractivity contribution in [3.8, 4) is 17.1 Å². The van der Waals surface area contributed by atoms with Gasteiger partial charge < -0.3 is 20.4 Å². The van der Waals surface area contributed by atoms with Crippen molar-refractivity contribution in [1.29, 1.82) is 0 Å². The molecule has 0 aliphatic carbocycles. The van der Waals surface area contributed by atoms with Crippen LogP contribution in [0.15, 0.2) is 59.8 Å². The van der Waals surface area contributed by atoms with Gasteiger partial charge in [-0.25, -0.2) is 4.68 Å². The fourth-order valence-electron chi connectivity index (χ4n) is 5.48. The van der Waals surface area contributed by atoms with E-state index in [2.05, 4.69) is 38.2 Å². The van der Waals surface area contributed by atoms with E-state index in [1.165, 1.54) is 44.5 Å². The van der Waals surface area contributed by atoms with Crippen molar-refractivity contribution in [1.82, 2.24) is 19.8 Å². The van der Waals surface area contributed by atoms with Gasteiger partial charge in [-0.15, -0.1) is 10.2 Å². The molecule has 0 amide bonds. The molecule has 35 heavy (non-hydrogen) atoms. The highest BCUT2D eigenvalue weighted by molar-refractivity contribution is 7.99. The van der Waals surface area contributed by atoms with Crippen molar-refractivity contribution in [3.05, 3.63) is 54.6 Å². The van der Waals surface area contributed by atoms with Crippen molar-refractivity contribution < 1.29 is 4.74 Å². The van der Waals surface area contributed by atoms with E-state index in [0.29, 0.717) is 11.2 Å². The first-order valence-corrected chi connectivity index (χ1v) is 13.7. The Kier molecular flexibility index (Phi) is 7.48. The summed E-state index contributed by atoms with van der Waals surface area (Å²) in [6.07, 6.45) is 6.33. The number of hydrogen-bond donors (Lipinski definition) is 1. The van der Waals surface area contributed by atoms with Crippen LogP contribution in [0.3, 0.4) is 0 Å². The number of likely N-dealkylation sites (tertiary alicyclic amines) is 1. The van der Waals surface area contributed by atoms with Gasteiger partial charge in [0.25, 0.3) is 0 Å². The first kappa shape index (κ1) is 24.0. The van der Waals surface area contributed by atoms with Crippen LogP contribution in [-0.4, -0.2) is 65.4 Å². The highest BCUT2D eigenvalue weighted by Gasteiger charge is 2.37. The van der Waals surface area contributed by atoms with Gasteiger partial charge in [0.15, 0.2) is 5.82 Å². The molecule has 0 radical (unpaired) electrons. The second-order valence-corrected chi connectivity index (χ2v) is 10.8. The van der Waals surface area contributed by atoms with Gasteiger partial charge in [0.05, 0.1) is 12.8 Å². The van der Waals surface area contributed by atoms with Gasteiger partial charge in [-0.05, 0) is 69.3 Å². The minimum atomic E-state index is 0.521. The summed E-state index contributed by atoms with van der Waals surface area (Å²) in [6, 6.07) is 18.4. The third kappa shape index (κ3) is 5.43. The summed E-state index contributed by atoms with van der Waals surface area (Å²) >= 11 is 1.70. The lowest BCUT2D eigenvalue weighted by Gasteiger charge is -2.47. The van der Waals surface area contributed by atoms with Gasteiger partial charge in [-0.1, -0.05) is 54.2 Å². The van der Waals surface area contributed by atoms with Crippen LogP contribution >= 0.6 is 11.8 Å². The summed E-state index contributed by atoms with van der Waals surface area (Å²) in [5, 5.41) is 9.36. The first-order chi connectivity index (χ1) is 17.2. The van der Waals surface area contributed by atoms with E-state index in [0.717, 1.165) is 48.3 Å². The zero-order valence-electron chi connectivity index (χ0n) is 20.6. The van der Waals surface area contributed by atoms with Gasteiger partial charge in [-0.2, -0.15) is 0 Å². The van der Waals surface area contributed by atoms with Gasteiger partial charge >= 0.3 is 0 Å². The number of nitrogens with zero attached hydrogens (tertiary/aromatic N) is 5. The molecule has 0 bridgehead atoms. The fourth-order valence-corrected chi connectivity index (χ4v) is 6.26. The van der Waals surface area contributed by atoms with Crippen LogP contribution < -0.4 is 15.5 Å². The van der Waals surface area contributed by atoms with Gasteiger partial charge in [0.2, 0.25) is 5.16 Å². The van der Waals surface area contributed by atoms with Crippen LogP contribution in [0.5, 0.6) is 5.75 Å². The lowest BCUT2D eigenvalue weighted by Crippen LogP contribution is -2.47. The topological polar surface area (TPSA) is 72.4 Å². The normalized spacial score (nSPS) is 18.1. The number of para-hydroxylation sites is 2. The van der Waals surface area contributed by atoms with Gasteiger partial charge in [-0.3, -0.25) is 0 Å². The Morgan fingerprint density at radius 3 is 2.34 bits per heavy atom. The summed E-state index contributed by atoms with van der Waals surface area (Å²) in [6.45, 7) is 5.82. The largest absolute Gasteiger partial charge is 0.495 e. The molecule has 2 fully saturated rings. The lowest BCUT2D eigenvalue weighted by atomic mass is 9.71. The predicted octanol–water partition coefficient (Wildman–Crippen LogP) is 4.53. The Morgan fingerprint density at radius 2 is 1.60 bits per heavy atom. The Morgan fingerprint density at radius 1 is 0.914 bits per heavy atom. The second kappa shape index (κ2) is 10.9. The van der Waals surface area contributed by atoms with E-state index in [-0.39, 0.29) is 0 Å². The zero-order valence-corrected chi connectivity index (χ0v) is 21.4. The molecule has 1 aromatic heterocycles. The van der Waals surface area contributed by atoms with Crippen molar-refractivity contribution in [2.75, 3.05) is 56.3 Å². The van der Waals surface area contributed by atoms with E-state index in [9.17, 15) is 0 Å². The first-order valence-electron chi connectivity index (χ1n) is 12.7. The molecule has 3 heterocycles.